The molecule has 2 aromatic rings. The zero-order chi connectivity index (χ0) is 17.3. The number of nitrogens with one attached hydrogen (secondary N) is 1. The number of nitrogens with two attached hydrogens (primary N) is 1. The third-order valence-corrected chi connectivity index (χ3v) is 4.12. The zero-order valence-electron chi connectivity index (χ0n) is 14.2. The average molecular weight is 325 g/mol. The van der Waals surface area contributed by atoms with Crippen LogP contribution < -0.4 is 20.7 Å². The van der Waals surface area contributed by atoms with Crippen molar-refractivity contribution in [2.45, 2.75) is 32.4 Å². The number of nitrogens with zero attached hydrogens (tertiary/aromatic N) is 1. The number of nitrogen functional groups attached to an aromatic ring is 1. The van der Waals surface area contributed by atoms with E-state index >= 15 is 0 Å². The van der Waals surface area contributed by atoms with E-state index < -0.39 is 0 Å². The Morgan fingerprint density at radius 1 is 1.25 bits per heavy atom. The summed E-state index contributed by atoms with van der Waals surface area (Å²) in [5.41, 5.74) is 7.83. The van der Waals surface area contributed by atoms with Gasteiger partial charge in [0.15, 0.2) is 0 Å². The Kier molecular flexibility index (Phi) is 4.09. The Morgan fingerprint density at radius 3 is 2.67 bits per heavy atom. The molecule has 0 spiro atoms. The largest absolute Gasteiger partial charge is 0.484 e. The van der Waals surface area contributed by atoms with Crippen molar-refractivity contribution in [2.24, 2.45) is 0 Å². The zero-order valence-corrected chi connectivity index (χ0v) is 14.2. The fourth-order valence-electron chi connectivity index (χ4n) is 2.93. The first kappa shape index (κ1) is 16.2. The van der Waals surface area contributed by atoms with Gasteiger partial charge in [-0.15, -0.1) is 0 Å². The topological polar surface area (TPSA) is 67.6 Å². The number of amides is 1. The third kappa shape index (κ3) is 3.30. The first-order chi connectivity index (χ1) is 11.4. The van der Waals surface area contributed by atoms with Crippen molar-refractivity contribution < 1.29 is 9.53 Å². The minimum atomic E-state index is -0.385. The Morgan fingerprint density at radius 2 is 1.96 bits per heavy atom. The predicted octanol–water partition coefficient (Wildman–Crippen LogP) is 3.27. The molecule has 1 aliphatic rings. The molecule has 0 saturated carbocycles. The fraction of sp³-hybridized carbons (Fsp3) is 0.316. The molecule has 0 saturated heterocycles. The lowest BCUT2D eigenvalue weighted by Crippen LogP contribution is -2.53. The van der Waals surface area contributed by atoms with Gasteiger partial charge in [-0.3, -0.25) is 4.79 Å². The number of rotatable bonds is 3. The van der Waals surface area contributed by atoms with Crippen LogP contribution in [0.3, 0.4) is 0 Å². The van der Waals surface area contributed by atoms with Gasteiger partial charge in [-0.2, -0.15) is 0 Å². The van der Waals surface area contributed by atoms with Crippen LogP contribution in [0.25, 0.3) is 0 Å². The molecule has 0 aromatic heterocycles. The number of carbonyl (C=O) groups is 1. The second kappa shape index (κ2) is 6.07. The van der Waals surface area contributed by atoms with Gasteiger partial charge in [0.25, 0.3) is 0 Å². The second-order valence-electron chi connectivity index (χ2n) is 6.75. The molecule has 3 N–H and O–H groups in total. The summed E-state index contributed by atoms with van der Waals surface area (Å²) in [4.78, 5) is 14.7. The van der Waals surface area contributed by atoms with Crippen molar-refractivity contribution in [3.05, 3.63) is 48.5 Å². The standard InChI is InChI=1S/C19H23N3O2/c1-13(18(23)21-15-7-5-4-6-8-15)22-12-19(2,3)24-17-10-9-14(20)11-16(17)22/h4-11,13H,12,20H2,1-3H3,(H,21,23). The maximum absolute atomic E-state index is 12.7. The average Bonchev–Trinajstić information content (AvgIpc) is 2.54. The van der Waals surface area contributed by atoms with Gasteiger partial charge >= 0.3 is 0 Å². The maximum atomic E-state index is 12.7. The molecule has 5 nitrogen and oxygen atoms in total. The van der Waals surface area contributed by atoms with Crippen LogP contribution in [0, 0.1) is 0 Å². The maximum Gasteiger partial charge on any atom is 0.246 e. The fourth-order valence-corrected chi connectivity index (χ4v) is 2.93. The number of anilines is 3. The van der Waals surface area contributed by atoms with Crippen molar-refractivity contribution in [3.63, 3.8) is 0 Å². The molecule has 0 bridgehead atoms. The minimum absolute atomic E-state index is 0.0627. The summed E-state index contributed by atoms with van der Waals surface area (Å²) in [6.45, 7) is 6.53. The third-order valence-electron chi connectivity index (χ3n) is 4.12. The highest BCUT2D eigenvalue weighted by atomic mass is 16.5. The molecule has 1 atom stereocenters. The Hall–Kier alpha value is -2.69. The first-order valence-corrected chi connectivity index (χ1v) is 8.07. The van der Waals surface area contributed by atoms with Crippen molar-refractivity contribution >= 4 is 23.0 Å². The minimum Gasteiger partial charge on any atom is -0.484 e. The van der Waals surface area contributed by atoms with E-state index in [-0.39, 0.29) is 17.6 Å². The van der Waals surface area contributed by atoms with E-state index in [1.165, 1.54) is 0 Å². The van der Waals surface area contributed by atoms with Crippen LogP contribution in [0.1, 0.15) is 20.8 Å². The number of ether oxygens (including phenoxy) is 1. The molecule has 1 unspecified atom stereocenters. The quantitative estimate of drug-likeness (QED) is 0.850. The van der Waals surface area contributed by atoms with Gasteiger partial charge in [-0.25, -0.2) is 0 Å². The molecule has 0 fully saturated rings. The molecule has 1 aliphatic heterocycles. The predicted molar refractivity (Wildman–Crippen MR) is 97.4 cm³/mol. The van der Waals surface area contributed by atoms with E-state index in [4.69, 9.17) is 10.5 Å². The highest BCUT2D eigenvalue weighted by Gasteiger charge is 2.36. The van der Waals surface area contributed by atoms with Crippen molar-refractivity contribution in [2.75, 3.05) is 22.5 Å². The molecule has 1 heterocycles. The van der Waals surface area contributed by atoms with Crippen LogP contribution in [0.4, 0.5) is 17.1 Å². The van der Waals surface area contributed by atoms with Crippen LogP contribution >= 0.6 is 0 Å². The molecule has 2 aromatic carbocycles. The molecule has 5 heteroatoms. The Balaban J connectivity index is 1.87. The van der Waals surface area contributed by atoms with Gasteiger partial charge in [0.2, 0.25) is 5.91 Å². The van der Waals surface area contributed by atoms with Crippen molar-refractivity contribution in [1.82, 2.24) is 0 Å². The smallest absolute Gasteiger partial charge is 0.246 e. The van der Waals surface area contributed by atoms with Crippen LogP contribution in [-0.4, -0.2) is 24.1 Å². The number of hydrogen-bond acceptors (Lipinski definition) is 4. The monoisotopic (exact) mass is 325 g/mol. The van der Waals surface area contributed by atoms with Gasteiger partial charge in [0.05, 0.1) is 12.2 Å². The molecule has 0 aliphatic carbocycles. The molecular weight excluding hydrogens is 302 g/mol. The van der Waals surface area contributed by atoms with Gasteiger partial charge < -0.3 is 20.7 Å². The summed E-state index contributed by atoms with van der Waals surface area (Å²) < 4.78 is 6.02. The van der Waals surface area contributed by atoms with Crippen LogP contribution in [0.2, 0.25) is 0 Å². The van der Waals surface area contributed by atoms with E-state index in [2.05, 4.69) is 5.32 Å². The van der Waals surface area contributed by atoms with E-state index in [0.29, 0.717) is 12.2 Å². The summed E-state index contributed by atoms with van der Waals surface area (Å²) in [6.07, 6.45) is 0. The first-order valence-electron chi connectivity index (χ1n) is 8.07. The lowest BCUT2D eigenvalue weighted by Gasteiger charge is -2.43. The number of benzene rings is 2. The summed E-state index contributed by atoms with van der Waals surface area (Å²) in [5.74, 6) is 0.687. The second-order valence-corrected chi connectivity index (χ2v) is 6.75. The van der Waals surface area contributed by atoms with E-state index in [1.807, 2.05) is 74.2 Å². The van der Waals surface area contributed by atoms with Gasteiger partial charge in [0.1, 0.15) is 17.4 Å². The molecule has 0 radical (unpaired) electrons. The molecule has 24 heavy (non-hydrogen) atoms. The lowest BCUT2D eigenvalue weighted by molar-refractivity contribution is -0.117. The van der Waals surface area contributed by atoms with Crippen molar-refractivity contribution in [1.29, 1.82) is 0 Å². The molecular formula is C19H23N3O2. The van der Waals surface area contributed by atoms with Gasteiger partial charge in [-0.1, -0.05) is 18.2 Å². The highest BCUT2D eigenvalue weighted by Crippen LogP contribution is 2.39. The molecule has 126 valence electrons. The lowest BCUT2D eigenvalue weighted by atomic mass is 10.0. The summed E-state index contributed by atoms with van der Waals surface area (Å²) >= 11 is 0. The van der Waals surface area contributed by atoms with Crippen LogP contribution in [0.15, 0.2) is 48.5 Å². The number of hydrogen-bond donors (Lipinski definition) is 2. The Labute approximate surface area is 142 Å². The van der Waals surface area contributed by atoms with Gasteiger partial charge in [0, 0.05) is 11.4 Å². The van der Waals surface area contributed by atoms with E-state index in [9.17, 15) is 4.79 Å². The number of fused-ring (bicyclic) bond motifs is 1. The SMILES string of the molecule is CC(C(=O)Nc1ccccc1)N1CC(C)(C)Oc2ccc(N)cc21. The van der Waals surface area contributed by atoms with Gasteiger partial charge in [-0.05, 0) is 51.1 Å². The number of para-hydroxylation sites is 1. The van der Waals surface area contributed by atoms with E-state index in [1.54, 1.807) is 0 Å². The number of carbonyl (C=O) groups excluding carboxylic acids is 1. The van der Waals surface area contributed by atoms with Crippen LogP contribution in [-0.2, 0) is 4.79 Å². The normalized spacial score (nSPS) is 16.7. The van der Waals surface area contributed by atoms with E-state index in [0.717, 1.165) is 17.1 Å². The highest BCUT2D eigenvalue weighted by molar-refractivity contribution is 5.97. The molecule has 1 amide bonds. The summed E-state index contributed by atoms with van der Waals surface area (Å²) in [6, 6.07) is 14.6. The molecule has 3 rings (SSSR count). The van der Waals surface area contributed by atoms with Crippen LogP contribution in [0.5, 0.6) is 5.75 Å². The Bertz CT molecular complexity index is 744. The summed E-state index contributed by atoms with van der Waals surface area (Å²) in [7, 11) is 0. The van der Waals surface area contributed by atoms with Crippen molar-refractivity contribution in [3.8, 4) is 5.75 Å². The summed E-state index contributed by atoms with van der Waals surface area (Å²) in [5, 5.41) is 2.96.